The Hall–Kier alpha value is -1.29. The fourth-order valence-corrected chi connectivity index (χ4v) is 5.49. The molecule has 0 aromatic heterocycles. The van der Waals surface area contributed by atoms with Crippen molar-refractivity contribution < 1.29 is 10.2 Å². The van der Waals surface area contributed by atoms with Gasteiger partial charge in [0.25, 0.3) is 0 Å². The summed E-state index contributed by atoms with van der Waals surface area (Å²) in [5.74, 6) is 0. The fourth-order valence-electron chi connectivity index (χ4n) is 4.36. The number of benzene rings is 2. The molecular weight excluding hydrogens is 424 g/mol. The summed E-state index contributed by atoms with van der Waals surface area (Å²) in [5.41, 5.74) is 2.97. The molecule has 0 radical (unpaired) electrons. The summed E-state index contributed by atoms with van der Waals surface area (Å²) in [6, 6.07) is 17.9. The van der Waals surface area contributed by atoms with Crippen molar-refractivity contribution in [3.05, 3.63) is 59.7 Å². The molecule has 0 aliphatic carbocycles. The van der Waals surface area contributed by atoms with Crippen molar-refractivity contribution >= 4 is 11.8 Å². The van der Waals surface area contributed by atoms with Crippen molar-refractivity contribution in [3.8, 4) is 0 Å². The molecule has 3 heteroatoms. The normalized spacial score (nSPS) is 11.2. The molecule has 0 unspecified atom stereocenters. The van der Waals surface area contributed by atoms with Crippen LogP contribution in [0.1, 0.15) is 101 Å². The number of unbranched alkanes of at least 4 members (excludes halogenated alkanes) is 12. The lowest BCUT2D eigenvalue weighted by Gasteiger charge is -2.13. The maximum atomic E-state index is 8.87. The molecule has 0 atom stereocenters. The van der Waals surface area contributed by atoms with Crippen LogP contribution in [0.15, 0.2) is 58.3 Å². The number of aliphatic hydroxyl groups is 2. The Balaban J connectivity index is 1.76. The maximum Gasteiger partial charge on any atom is 0.0431 e. The molecule has 2 rings (SSSR count). The SMILES string of the molecule is OCCCCCCCCCc1ccccc1Sc1ccccc1CCCCCCCCCO. The predicted molar refractivity (Wildman–Crippen MR) is 143 cm³/mol. The average Bonchev–Trinajstić information content (AvgIpc) is 2.84. The van der Waals surface area contributed by atoms with Gasteiger partial charge in [0, 0.05) is 23.0 Å². The molecule has 2 aromatic carbocycles. The predicted octanol–water partition coefficient (Wildman–Crippen LogP) is 8.37. The van der Waals surface area contributed by atoms with Gasteiger partial charge >= 0.3 is 0 Å². The molecule has 0 amide bonds. The number of hydrogen-bond donors (Lipinski definition) is 2. The van der Waals surface area contributed by atoms with Gasteiger partial charge in [0.2, 0.25) is 0 Å². The summed E-state index contributed by atoms with van der Waals surface area (Å²) in [4.78, 5) is 2.83. The van der Waals surface area contributed by atoms with Gasteiger partial charge in [-0.25, -0.2) is 0 Å². The second-order valence-corrected chi connectivity index (χ2v) is 10.3. The van der Waals surface area contributed by atoms with E-state index in [1.165, 1.54) is 98.0 Å². The van der Waals surface area contributed by atoms with E-state index in [1.54, 1.807) is 0 Å². The van der Waals surface area contributed by atoms with Crippen molar-refractivity contribution in [2.24, 2.45) is 0 Å². The molecule has 2 N–H and O–H groups in total. The first-order chi connectivity index (χ1) is 16.3. The largest absolute Gasteiger partial charge is 0.396 e. The molecule has 0 bridgehead atoms. The minimum absolute atomic E-state index is 0.337. The van der Waals surface area contributed by atoms with E-state index in [0.29, 0.717) is 13.2 Å². The molecule has 2 nitrogen and oxygen atoms in total. The van der Waals surface area contributed by atoms with Gasteiger partial charge < -0.3 is 10.2 Å². The van der Waals surface area contributed by atoms with Crippen LogP contribution in [0.5, 0.6) is 0 Å². The molecule has 2 aromatic rings. The highest BCUT2D eigenvalue weighted by Crippen LogP contribution is 2.34. The molecule has 0 spiro atoms. The standard InChI is InChI=1S/C30H46O2S/c31-25-17-9-5-1-3-7-11-19-27-21-13-15-23-29(27)33-30-24-16-14-22-28(30)20-12-8-4-2-6-10-18-26-32/h13-16,21-24,31-32H,1-12,17-20,25-26H2. The molecule has 0 fully saturated rings. The van der Waals surface area contributed by atoms with Gasteiger partial charge in [-0.3, -0.25) is 0 Å². The smallest absolute Gasteiger partial charge is 0.0431 e. The topological polar surface area (TPSA) is 40.5 Å². The van der Waals surface area contributed by atoms with Crippen molar-refractivity contribution in [1.29, 1.82) is 0 Å². The Kier molecular flexibility index (Phi) is 16.1. The number of hydrogen-bond acceptors (Lipinski definition) is 3. The minimum Gasteiger partial charge on any atom is -0.396 e. The molecule has 33 heavy (non-hydrogen) atoms. The van der Waals surface area contributed by atoms with E-state index >= 15 is 0 Å². The zero-order valence-corrected chi connectivity index (χ0v) is 21.5. The first kappa shape index (κ1) is 28.0. The van der Waals surface area contributed by atoms with E-state index in [0.717, 1.165) is 25.7 Å². The van der Waals surface area contributed by atoms with E-state index in [2.05, 4.69) is 48.5 Å². The molecular formula is C30H46O2S. The van der Waals surface area contributed by atoms with Crippen molar-refractivity contribution in [3.63, 3.8) is 0 Å². The first-order valence-electron chi connectivity index (χ1n) is 13.4. The van der Waals surface area contributed by atoms with Crippen LogP contribution in [-0.4, -0.2) is 23.4 Å². The van der Waals surface area contributed by atoms with Crippen molar-refractivity contribution in [1.82, 2.24) is 0 Å². The lowest BCUT2D eigenvalue weighted by molar-refractivity contribution is 0.282. The fraction of sp³-hybridized carbons (Fsp3) is 0.600. The van der Waals surface area contributed by atoms with E-state index < -0.39 is 0 Å². The Morgan fingerprint density at radius 3 is 1.15 bits per heavy atom. The highest BCUT2D eigenvalue weighted by molar-refractivity contribution is 7.99. The Labute approximate surface area is 207 Å². The monoisotopic (exact) mass is 470 g/mol. The summed E-state index contributed by atoms with van der Waals surface area (Å²) in [6.45, 7) is 0.674. The van der Waals surface area contributed by atoms with E-state index in [1.807, 2.05) is 11.8 Å². The van der Waals surface area contributed by atoms with E-state index in [9.17, 15) is 0 Å². The quantitative estimate of drug-likeness (QED) is 0.191. The van der Waals surface area contributed by atoms with Crippen LogP contribution >= 0.6 is 11.8 Å². The van der Waals surface area contributed by atoms with Crippen LogP contribution in [0, 0.1) is 0 Å². The highest BCUT2D eigenvalue weighted by atomic mass is 32.2. The minimum atomic E-state index is 0.337. The Morgan fingerprint density at radius 1 is 0.424 bits per heavy atom. The summed E-state index contributed by atoms with van der Waals surface area (Å²) in [7, 11) is 0. The van der Waals surface area contributed by atoms with Gasteiger partial charge in [-0.05, 0) is 61.8 Å². The third-order valence-electron chi connectivity index (χ3n) is 6.37. The zero-order valence-electron chi connectivity index (χ0n) is 20.6. The molecule has 0 heterocycles. The lowest BCUT2D eigenvalue weighted by atomic mass is 10.0. The Morgan fingerprint density at radius 2 is 0.758 bits per heavy atom. The van der Waals surface area contributed by atoms with Crippen LogP contribution in [0.3, 0.4) is 0 Å². The molecule has 0 aliphatic rings. The molecule has 0 saturated heterocycles. The Bertz CT molecular complexity index is 669. The van der Waals surface area contributed by atoms with Gasteiger partial charge in [-0.1, -0.05) is 112 Å². The number of aliphatic hydroxyl groups excluding tert-OH is 2. The second kappa shape index (κ2) is 19.1. The molecule has 0 saturated carbocycles. The third-order valence-corrected chi connectivity index (χ3v) is 7.61. The third kappa shape index (κ3) is 12.7. The van der Waals surface area contributed by atoms with Gasteiger partial charge in [0.1, 0.15) is 0 Å². The highest BCUT2D eigenvalue weighted by Gasteiger charge is 2.08. The van der Waals surface area contributed by atoms with Crippen molar-refractivity contribution in [2.75, 3.05) is 13.2 Å². The van der Waals surface area contributed by atoms with Crippen molar-refractivity contribution in [2.45, 2.75) is 113 Å². The van der Waals surface area contributed by atoms with E-state index in [4.69, 9.17) is 10.2 Å². The zero-order chi connectivity index (χ0) is 23.4. The van der Waals surface area contributed by atoms with Gasteiger partial charge in [-0.2, -0.15) is 0 Å². The average molecular weight is 471 g/mol. The van der Waals surface area contributed by atoms with E-state index in [-0.39, 0.29) is 0 Å². The van der Waals surface area contributed by atoms with Crippen LogP contribution in [-0.2, 0) is 12.8 Å². The van der Waals surface area contributed by atoms with Gasteiger partial charge in [0.05, 0.1) is 0 Å². The van der Waals surface area contributed by atoms with Crippen LogP contribution in [0.25, 0.3) is 0 Å². The summed E-state index contributed by atoms with van der Waals surface area (Å²) in [5, 5.41) is 17.7. The first-order valence-corrected chi connectivity index (χ1v) is 14.2. The maximum absolute atomic E-state index is 8.87. The summed E-state index contributed by atoms with van der Waals surface area (Å²) < 4.78 is 0. The van der Waals surface area contributed by atoms with Gasteiger partial charge in [0.15, 0.2) is 0 Å². The lowest BCUT2D eigenvalue weighted by Crippen LogP contribution is -1.93. The second-order valence-electron chi connectivity index (χ2n) is 9.21. The molecule has 184 valence electrons. The number of rotatable bonds is 20. The number of aryl methyl sites for hydroxylation is 2. The summed E-state index contributed by atoms with van der Waals surface area (Å²) in [6.07, 6.45) is 19.4. The van der Waals surface area contributed by atoms with Crippen LogP contribution in [0.2, 0.25) is 0 Å². The summed E-state index contributed by atoms with van der Waals surface area (Å²) >= 11 is 1.95. The van der Waals surface area contributed by atoms with Crippen LogP contribution in [0.4, 0.5) is 0 Å². The van der Waals surface area contributed by atoms with Gasteiger partial charge in [-0.15, -0.1) is 0 Å². The van der Waals surface area contributed by atoms with Crippen LogP contribution < -0.4 is 0 Å². The molecule has 0 aliphatic heterocycles.